The van der Waals surface area contributed by atoms with E-state index in [2.05, 4.69) is 15.9 Å². The van der Waals surface area contributed by atoms with Gasteiger partial charge in [-0.05, 0) is 37.5 Å². The zero-order valence-corrected chi connectivity index (χ0v) is 17.0. The van der Waals surface area contributed by atoms with Crippen LogP contribution in [0.3, 0.4) is 0 Å². The summed E-state index contributed by atoms with van der Waals surface area (Å²) in [6.45, 7) is 2.03. The number of fused-ring (bicyclic) bond motifs is 3. The molecule has 0 unspecified atom stereocenters. The number of hydrogen-bond acceptors (Lipinski definition) is 5. The maximum atomic E-state index is 12.7. The molecule has 3 aliphatic rings. The summed E-state index contributed by atoms with van der Waals surface area (Å²) in [7, 11) is 1.52. The number of nitrogens with zero attached hydrogens (tertiary/aromatic N) is 1. The van der Waals surface area contributed by atoms with E-state index in [4.69, 9.17) is 4.74 Å². The van der Waals surface area contributed by atoms with Gasteiger partial charge in [0, 0.05) is 28.9 Å². The van der Waals surface area contributed by atoms with Crippen molar-refractivity contribution < 1.29 is 24.5 Å². The van der Waals surface area contributed by atoms with Crippen LogP contribution in [0.1, 0.15) is 44.3 Å². The summed E-state index contributed by atoms with van der Waals surface area (Å²) in [5.74, 6) is -3.36. The molecule has 6 nitrogen and oxygen atoms in total. The zero-order chi connectivity index (χ0) is 19.5. The van der Waals surface area contributed by atoms with Gasteiger partial charge in [0.25, 0.3) is 0 Å². The smallest absolute Gasteiger partial charge is 0.233 e. The fraction of sp³-hybridized carbons (Fsp3) is 0.600. The molecule has 7 heteroatoms. The summed E-state index contributed by atoms with van der Waals surface area (Å²) in [5.41, 5.74) is 0.587. The third-order valence-corrected chi connectivity index (χ3v) is 7.05. The summed E-state index contributed by atoms with van der Waals surface area (Å²) in [4.78, 5) is 26.5. The van der Waals surface area contributed by atoms with E-state index in [-0.39, 0.29) is 29.4 Å². The monoisotopic (exact) mass is 437 g/mol. The molecule has 0 spiro atoms. The number of benzene rings is 1. The maximum Gasteiger partial charge on any atom is 0.233 e. The van der Waals surface area contributed by atoms with Gasteiger partial charge in [0.1, 0.15) is 5.75 Å². The second kappa shape index (κ2) is 6.57. The zero-order valence-electron chi connectivity index (χ0n) is 15.4. The number of ether oxygens (including phenoxy) is 1. The Labute approximate surface area is 166 Å². The van der Waals surface area contributed by atoms with Crippen molar-refractivity contribution in [3.8, 4) is 5.75 Å². The molecule has 1 aliphatic carbocycles. The number of halogens is 1. The molecule has 27 heavy (non-hydrogen) atoms. The standard InChI is InChI=1S/C20H24BrNO5/c1-3-4-10-7-13-17(19(25)22(2)18(13)24)14-9-16(27-20(10,14)26)12-8-11(21)5-6-15(12)23/h5-6,8,10,13-14,16-17,23,26H,3-4,7,9H2,1-2H3/t10-,13-,14-,16-,17-,20+/m0/s1. The SMILES string of the molecule is CCC[C@H]1C[C@@H]2C(=O)N(C)C(=O)[C@@H]2[C@@H]2C[C@@H](c3cc(Br)ccc3O)O[C@]12O. The minimum atomic E-state index is -1.46. The number of aliphatic hydroxyl groups is 1. The molecule has 1 aromatic carbocycles. The first-order chi connectivity index (χ1) is 12.8. The molecular formula is C20H24BrNO5. The lowest BCUT2D eigenvalue weighted by Crippen LogP contribution is -2.53. The van der Waals surface area contributed by atoms with Gasteiger partial charge in [0.2, 0.25) is 11.8 Å². The molecule has 2 amide bonds. The number of amides is 2. The molecule has 2 aliphatic heterocycles. The number of likely N-dealkylation sites (tertiary alicyclic amines) is 1. The van der Waals surface area contributed by atoms with E-state index in [1.807, 2.05) is 6.92 Å². The van der Waals surface area contributed by atoms with Crippen molar-refractivity contribution in [3.63, 3.8) is 0 Å². The van der Waals surface area contributed by atoms with Gasteiger partial charge in [-0.25, -0.2) is 0 Å². The van der Waals surface area contributed by atoms with Crippen LogP contribution in [0, 0.1) is 23.7 Å². The van der Waals surface area contributed by atoms with Crippen LogP contribution in [0.25, 0.3) is 0 Å². The van der Waals surface area contributed by atoms with Gasteiger partial charge in [-0.2, -0.15) is 0 Å². The van der Waals surface area contributed by atoms with Crippen LogP contribution < -0.4 is 0 Å². The summed E-state index contributed by atoms with van der Waals surface area (Å²) in [6.07, 6.45) is 1.90. The van der Waals surface area contributed by atoms with E-state index < -0.39 is 23.7 Å². The Morgan fingerprint density at radius 1 is 1.30 bits per heavy atom. The molecule has 0 aromatic heterocycles. The van der Waals surface area contributed by atoms with Crippen LogP contribution >= 0.6 is 15.9 Å². The number of carbonyl (C=O) groups excluding carboxylic acids is 2. The van der Waals surface area contributed by atoms with Gasteiger partial charge >= 0.3 is 0 Å². The van der Waals surface area contributed by atoms with E-state index >= 15 is 0 Å². The normalized spacial score (nSPS) is 38.2. The predicted octanol–water partition coefficient (Wildman–Crippen LogP) is 2.97. The van der Waals surface area contributed by atoms with Gasteiger partial charge in [-0.1, -0.05) is 29.3 Å². The number of carbonyl (C=O) groups is 2. The first kappa shape index (κ1) is 18.9. The Hall–Kier alpha value is -1.44. The molecule has 0 bridgehead atoms. The molecule has 146 valence electrons. The fourth-order valence-corrected chi connectivity index (χ4v) is 5.67. The molecule has 6 atom stereocenters. The minimum Gasteiger partial charge on any atom is -0.508 e. The number of hydrogen-bond donors (Lipinski definition) is 2. The van der Waals surface area contributed by atoms with Crippen molar-refractivity contribution in [2.45, 2.75) is 44.5 Å². The third kappa shape index (κ3) is 2.74. The van der Waals surface area contributed by atoms with Crippen LogP contribution in [0.2, 0.25) is 0 Å². The average molecular weight is 438 g/mol. The largest absolute Gasteiger partial charge is 0.508 e. The van der Waals surface area contributed by atoms with E-state index in [1.165, 1.54) is 11.9 Å². The lowest BCUT2D eigenvalue weighted by atomic mass is 9.63. The van der Waals surface area contributed by atoms with Gasteiger partial charge in [-0.15, -0.1) is 0 Å². The number of aromatic hydroxyl groups is 1. The predicted molar refractivity (Wildman–Crippen MR) is 100 cm³/mol. The number of phenols is 1. The Bertz CT molecular complexity index is 799. The molecule has 0 radical (unpaired) electrons. The second-order valence-corrected chi connectivity index (χ2v) is 8.91. The van der Waals surface area contributed by atoms with Crippen LogP contribution in [0.15, 0.2) is 22.7 Å². The highest BCUT2D eigenvalue weighted by Gasteiger charge is 2.66. The average Bonchev–Trinajstić information content (AvgIpc) is 3.09. The summed E-state index contributed by atoms with van der Waals surface area (Å²) < 4.78 is 6.96. The van der Waals surface area contributed by atoms with Gasteiger partial charge in [0.05, 0.1) is 17.9 Å². The molecule has 2 N–H and O–H groups in total. The van der Waals surface area contributed by atoms with Crippen molar-refractivity contribution in [1.82, 2.24) is 4.90 Å². The minimum absolute atomic E-state index is 0.0972. The molecule has 1 saturated carbocycles. The highest BCUT2D eigenvalue weighted by atomic mass is 79.9. The summed E-state index contributed by atoms with van der Waals surface area (Å²) in [5, 5.41) is 21.8. The van der Waals surface area contributed by atoms with E-state index in [9.17, 15) is 19.8 Å². The van der Waals surface area contributed by atoms with E-state index in [1.54, 1.807) is 18.2 Å². The second-order valence-electron chi connectivity index (χ2n) is 7.99. The first-order valence-corrected chi connectivity index (χ1v) is 10.3. The summed E-state index contributed by atoms with van der Waals surface area (Å²) >= 11 is 3.41. The molecule has 2 heterocycles. The Morgan fingerprint density at radius 3 is 2.74 bits per heavy atom. The van der Waals surface area contributed by atoms with Crippen molar-refractivity contribution in [2.75, 3.05) is 7.05 Å². The van der Waals surface area contributed by atoms with E-state index in [0.29, 0.717) is 18.4 Å². The van der Waals surface area contributed by atoms with Crippen LogP contribution in [0.5, 0.6) is 5.75 Å². The van der Waals surface area contributed by atoms with Gasteiger partial charge in [0.15, 0.2) is 5.79 Å². The topological polar surface area (TPSA) is 87.1 Å². The maximum absolute atomic E-state index is 12.7. The lowest BCUT2D eigenvalue weighted by Gasteiger charge is -2.44. The summed E-state index contributed by atoms with van der Waals surface area (Å²) in [6, 6.07) is 5.10. The number of imide groups is 1. The third-order valence-electron chi connectivity index (χ3n) is 6.56. The van der Waals surface area contributed by atoms with Crippen LogP contribution in [-0.4, -0.2) is 39.8 Å². The lowest BCUT2D eigenvalue weighted by molar-refractivity contribution is -0.270. The van der Waals surface area contributed by atoms with Gasteiger partial charge in [-0.3, -0.25) is 14.5 Å². The highest BCUT2D eigenvalue weighted by molar-refractivity contribution is 9.10. The van der Waals surface area contributed by atoms with Gasteiger partial charge < -0.3 is 14.9 Å². The molecule has 3 fully saturated rings. The fourth-order valence-electron chi connectivity index (χ4n) is 5.29. The highest BCUT2D eigenvalue weighted by Crippen LogP contribution is 2.59. The van der Waals surface area contributed by atoms with Crippen molar-refractivity contribution in [1.29, 1.82) is 0 Å². The Kier molecular flexibility index (Phi) is 4.60. The molecular weight excluding hydrogens is 414 g/mol. The molecule has 4 rings (SSSR count). The first-order valence-electron chi connectivity index (χ1n) is 9.48. The Morgan fingerprint density at radius 2 is 2.04 bits per heavy atom. The molecule has 1 aromatic rings. The number of rotatable bonds is 3. The van der Waals surface area contributed by atoms with Crippen molar-refractivity contribution in [2.24, 2.45) is 23.7 Å². The quantitative estimate of drug-likeness (QED) is 0.709. The van der Waals surface area contributed by atoms with Crippen molar-refractivity contribution >= 4 is 27.7 Å². The van der Waals surface area contributed by atoms with Crippen LogP contribution in [0.4, 0.5) is 0 Å². The van der Waals surface area contributed by atoms with Crippen molar-refractivity contribution in [3.05, 3.63) is 28.2 Å². The number of phenolic OH excluding ortho intramolecular Hbond substituents is 1. The van der Waals surface area contributed by atoms with E-state index in [0.717, 1.165) is 17.3 Å². The molecule has 2 saturated heterocycles. The van der Waals surface area contributed by atoms with Crippen LogP contribution in [-0.2, 0) is 14.3 Å². The Balaban J connectivity index is 1.74.